The molecule has 0 heterocycles. The van der Waals surface area contributed by atoms with Gasteiger partial charge in [-0.1, -0.05) is 74.9 Å². The molecule has 0 saturated heterocycles. The standard InChI is InChI=1S/C34H45N3O5S/c1-5-7-22-35-34(39)32(25-28-13-9-8-10-14-28)36(26-29-15-11-16-31(24-29)42-3)33(38)17-12-23-37(43(4,40)41)30-20-18-27(6-2)19-21-30/h8-11,13-16,18-21,24,32H,5-7,12,17,22-23,25-26H2,1-4H3,(H,35,39)/t32-/m1/s1. The van der Waals surface area contributed by atoms with E-state index in [0.29, 0.717) is 30.8 Å². The lowest BCUT2D eigenvalue weighted by Gasteiger charge is -2.32. The van der Waals surface area contributed by atoms with E-state index in [2.05, 4.69) is 12.2 Å². The first-order valence-electron chi connectivity index (χ1n) is 15.0. The maximum absolute atomic E-state index is 14.0. The monoisotopic (exact) mass is 607 g/mol. The van der Waals surface area contributed by atoms with Crippen LogP contribution in [0.4, 0.5) is 5.69 Å². The van der Waals surface area contributed by atoms with Crippen molar-refractivity contribution in [3.8, 4) is 5.75 Å². The number of aryl methyl sites for hydroxylation is 1. The maximum Gasteiger partial charge on any atom is 0.243 e. The van der Waals surface area contributed by atoms with Crippen molar-refractivity contribution in [2.75, 3.05) is 30.8 Å². The Labute approximate surface area is 257 Å². The number of methoxy groups -OCH3 is 1. The first-order valence-corrected chi connectivity index (χ1v) is 16.8. The number of sulfonamides is 1. The molecule has 0 bridgehead atoms. The lowest BCUT2D eigenvalue weighted by Crippen LogP contribution is -2.50. The Kier molecular flexibility index (Phi) is 13.1. The molecule has 8 nitrogen and oxygen atoms in total. The highest BCUT2D eigenvalue weighted by Crippen LogP contribution is 2.22. The van der Waals surface area contributed by atoms with E-state index in [4.69, 9.17) is 4.74 Å². The van der Waals surface area contributed by atoms with Gasteiger partial charge in [-0.2, -0.15) is 0 Å². The minimum absolute atomic E-state index is 0.0799. The molecule has 9 heteroatoms. The van der Waals surface area contributed by atoms with Crippen LogP contribution in [0.2, 0.25) is 0 Å². The van der Waals surface area contributed by atoms with Gasteiger partial charge in [-0.05, 0) is 60.2 Å². The molecule has 3 aromatic carbocycles. The first kappa shape index (κ1) is 33.6. The van der Waals surface area contributed by atoms with Gasteiger partial charge in [0, 0.05) is 32.5 Å². The molecule has 232 valence electrons. The zero-order chi connectivity index (χ0) is 31.2. The molecular weight excluding hydrogens is 562 g/mol. The Balaban J connectivity index is 1.88. The van der Waals surface area contributed by atoms with Gasteiger partial charge in [0.2, 0.25) is 21.8 Å². The van der Waals surface area contributed by atoms with Gasteiger partial charge in [-0.25, -0.2) is 8.42 Å². The summed E-state index contributed by atoms with van der Waals surface area (Å²) in [7, 11) is -1.98. The number of amides is 2. The molecule has 0 aliphatic heterocycles. The molecule has 43 heavy (non-hydrogen) atoms. The number of benzene rings is 3. The average Bonchev–Trinajstić information content (AvgIpc) is 3.01. The van der Waals surface area contributed by atoms with Crippen LogP contribution in [0.1, 0.15) is 56.2 Å². The number of rotatable bonds is 17. The Morgan fingerprint density at radius 2 is 1.58 bits per heavy atom. The molecule has 0 aliphatic rings. The lowest BCUT2D eigenvalue weighted by molar-refractivity contribution is -0.141. The molecular formula is C34H45N3O5S. The van der Waals surface area contributed by atoms with Crippen molar-refractivity contribution < 1.29 is 22.7 Å². The number of carbonyl (C=O) groups excluding carboxylic acids is 2. The third-order valence-corrected chi connectivity index (χ3v) is 8.57. The highest BCUT2D eigenvalue weighted by atomic mass is 32.2. The van der Waals surface area contributed by atoms with Crippen LogP contribution in [0, 0.1) is 0 Å². The Bertz CT molecular complexity index is 1410. The van der Waals surface area contributed by atoms with Crippen LogP contribution in [-0.2, 0) is 39.0 Å². The van der Waals surface area contributed by atoms with Gasteiger partial charge >= 0.3 is 0 Å². The summed E-state index contributed by atoms with van der Waals surface area (Å²) in [6.45, 7) is 4.99. The second-order valence-electron chi connectivity index (χ2n) is 10.7. The number of ether oxygens (including phenoxy) is 1. The molecule has 0 aromatic heterocycles. The van der Waals surface area contributed by atoms with Crippen LogP contribution in [0.15, 0.2) is 78.9 Å². The molecule has 3 aromatic rings. The van der Waals surface area contributed by atoms with Gasteiger partial charge < -0.3 is 15.0 Å². The molecule has 0 spiro atoms. The normalized spacial score (nSPS) is 11.9. The van der Waals surface area contributed by atoms with E-state index in [9.17, 15) is 18.0 Å². The summed E-state index contributed by atoms with van der Waals surface area (Å²) in [6, 6.07) is 23.8. The van der Waals surface area contributed by atoms with Gasteiger partial charge in [-0.15, -0.1) is 0 Å². The van der Waals surface area contributed by atoms with E-state index in [1.165, 1.54) is 10.6 Å². The minimum Gasteiger partial charge on any atom is -0.497 e. The average molecular weight is 608 g/mol. The molecule has 1 N–H and O–H groups in total. The Morgan fingerprint density at radius 3 is 2.21 bits per heavy atom. The van der Waals surface area contributed by atoms with Crippen molar-refractivity contribution in [2.45, 2.75) is 65.0 Å². The van der Waals surface area contributed by atoms with Crippen molar-refractivity contribution in [2.24, 2.45) is 0 Å². The molecule has 0 fully saturated rings. The third kappa shape index (κ3) is 10.4. The molecule has 0 saturated carbocycles. The number of nitrogens with zero attached hydrogens (tertiary/aromatic N) is 2. The van der Waals surface area contributed by atoms with Crippen molar-refractivity contribution in [1.29, 1.82) is 0 Å². The summed E-state index contributed by atoms with van der Waals surface area (Å²) in [5.41, 5.74) is 3.46. The third-order valence-electron chi connectivity index (χ3n) is 7.37. The predicted octanol–water partition coefficient (Wildman–Crippen LogP) is 5.36. The van der Waals surface area contributed by atoms with Gasteiger partial charge in [0.1, 0.15) is 11.8 Å². The first-order chi connectivity index (χ1) is 20.7. The molecule has 0 aliphatic carbocycles. The van der Waals surface area contributed by atoms with Gasteiger partial charge in [0.25, 0.3) is 0 Å². The zero-order valence-electron chi connectivity index (χ0n) is 25.8. The fraction of sp³-hybridized carbons (Fsp3) is 0.412. The second kappa shape index (κ2) is 16.7. The second-order valence-corrected chi connectivity index (χ2v) is 12.6. The quantitative estimate of drug-likeness (QED) is 0.209. The Morgan fingerprint density at radius 1 is 0.884 bits per heavy atom. The smallest absolute Gasteiger partial charge is 0.243 e. The molecule has 0 unspecified atom stereocenters. The number of carbonyl (C=O) groups is 2. The summed E-state index contributed by atoms with van der Waals surface area (Å²) in [4.78, 5) is 29.2. The van der Waals surface area contributed by atoms with E-state index in [0.717, 1.165) is 36.0 Å². The van der Waals surface area contributed by atoms with E-state index in [1.807, 2.05) is 73.7 Å². The van der Waals surface area contributed by atoms with Crippen LogP contribution in [-0.4, -0.2) is 57.6 Å². The van der Waals surface area contributed by atoms with E-state index in [-0.39, 0.29) is 31.3 Å². The fourth-order valence-corrected chi connectivity index (χ4v) is 5.89. The molecule has 2 amide bonds. The van der Waals surface area contributed by atoms with E-state index < -0.39 is 16.1 Å². The van der Waals surface area contributed by atoms with Crippen molar-refractivity contribution in [1.82, 2.24) is 10.2 Å². The molecule has 1 atom stereocenters. The van der Waals surface area contributed by atoms with Crippen molar-refractivity contribution >= 4 is 27.5 Å². The summed E-state index contributed by atoms with van der Waals surface area (Å²) in [6.07, 6.45) is 4.54. The summed E-state index contributed by atoms with van der Waals surface area (Å²) >= 11 is 0. The number of unbranched alkanes of at least 4 members (excludes halogenated alkanes) is 1. The lowest BCUT2D eigenvalue weighted by atomic mass is 10.0. The highest BCUT2D eigenvalue weighted by molar-refractivity contribution is 7.92. The summed E-state index contributed by atoms with van der Waals surface area (Å²) in [5.74, 6) is 0.237. The maximum atomic E-state index is 14.0. The fourth-order valence-electron chi connectivity index (χ4n) is 4.93. The van der Waals surface area contributed by atoms with Gasteiger partial charge in [0.15, 0.2) is 0 Å². The topological polar surface area (TPSA) is 96.0 Å². The highest BCUT2D eigenvalue weighted by Gasteiger charge is 2.30. The zero-order valence-corrected chi connectivity index (χ0v) is 26.6. The largest absolute Gasteiger partial charge is 0.497 e. The number of hydrogen-bond donors (Lipinski definition) is 1. The summed E-state index contributed by atoms with van der Waals surface area (Å²) < 4.78 is 32.1. The number of hydrogen-bond acceptors (Lipinski definition) is 5. The van der Waals surface area contributed by atoms with Crippen LogP contribution in [0.25, 0.3) is 0 Å². The van der Waals surface area contributed by atoms with Crippen LogP contribution in [0.3, 0.4) is 0 Å². The molecule has 0 radical (unpaired) electrons. The Hall–Kier alpha value is -3.85. The number of anilines is 1. The van der Waals surface area contributed by atoms with Gasteiger partial charge in [0.05, 0.1) is 19.1 Å². The number of nitrogens with one attached hydrogen (secondary N) is 1. The molecule has 3 rings (SSSR count). The van der Waals surface area contributed by atoms with Gasteiger partial charge in [-0.3, -0.25) is 13.9 Å². The van der Waals surface area contributed by atoms with Crippen LogP contribution < -0.4 is 14.4 Å². The van der Waals surface area contributed by atoms with Crippen LogP contribution in [0.5, 0.6) is 5.75 Å². The minimum atomic E-state index is -3.56. The summed E-state index contributed by atoms with van der Waals surface area (Å²) in [5, 5.41) is 3.03. The SMILES string of the molecule is CCCCNC(=O)[C@@H](Cc1ccccc1)N(Cc1cccc(OC)c1)C(=O)CCCN(c1ccc(CC)cc1)S(C)(=O)=O. The van der Waals surface area contributed by atoms with E-state index >= 15 is 0 Å². The predicted molar refractivity (Wildman–Crippen MR) is 173 cm³/mol. The van der Waals surface area contributed by atoms with Crippen molar-refractivity contribution in [3.63, 3.8) is 0 Å². The van der Waals surface area contributed by atoms with Crippen molar-refractivity contribution in [3.05, 3.63) is 95.6 Å². The van der Waals surface area contributed by atoms with Crippen LogP contribution >= 0.6 is 0 Å². The van der Waals surface area contributed by atoms with E-state index in [1.54, 1.807) is 24.1 Å².